The van der Waals surface area contributed by atoms with Crippen LogP contribution in [0.1, 0.15) is 11.3 Å². The summed E-state index contributed by atoms with van der Waals surface area (Å²) in [5, 5.41) is 0. The molecule has 7 nitrogen and oxygen atoms in total. The maximum atomic E-state index is 12.9. The van der Waals surface area contributed by atoms with Crippen LogP contribution in [0.25, 0.3) is 16.9 Å². The van der Waals surface area contributed by atoms with E-state index in [9.17, 15) is 9.59 Å². The molecule has 4 aromatic rings. The van der Waals surface area contributed by atoms with Crippen LogP contribution < -0.4 is 11.2 Å². The number of benzene rings is 1. The van der Waals surface area contributed by atoms with Gasteiger partial charge < -0.3 is 4.98 Å². The fraction of sp³-hybridized carbons (Fsp3) is 0.167. The molecule has 25 heavy (non-hydrogen) atoms. The zero-order valence-corrected chi connectivity index (χ0v) is 13.8. The number of hydrogen-bond acceptors (Lipinski definition) is 3. The number of aromatic nitrogens is 5. The third-order valence-corrected chi connectivity index (χ3v) is 4.18. The van der Waals surface area contributed by atoms with Crippen molar-refractivity contribution in [3.05, 3.63) is 81.3 Å². The second-order valence-corrected chi connectivity index (χ2v) is 5.97. The molecule has 1 N–H and O–H groups in total. The molecule has 0 fully saturated rings. The van der Waals surface area contributed by atoms with Crippen LogP contribution in [0.3, 0.4) is 0 Å². The van der Waals surface area contributed by atoms with Crippen LogP contribution in [0.2, 0.25) is 0 Å². The lowest BCUT2D eigenvalue weighted by Crippen LogP contribution is -2.40. The lowest BCUT2D eigenvalue weighted by Gasteiger charge is -2.10. The van der Waals surface area contributed by atoms with Gasteiger partial charge in [0.25, 0.3) is 5.56 Å². The largest absolute Gasteiger partial charge is 0.333 e. The van der Waals surface area contributed by atoms with Gasteiger partial charge in [0.15, 0.2) is 11.2 Å². The standard InChI is InChI=1S/C18H17N5O2/c1-3-9-21-16(24)14-15(20-17-19-12(2)10-22(14)17)23(18(21)25)11-13-7-5-4-6-8-13/h3-8,10H,1,9,11H2,2H3,(H,19,20). The molecule has 0 amide bonds. The number of nitrogens with one attached hydrogen (secondary N) is 1. The monoisotopic (exact) mass is 335 g/mol. The lowest BCUT2D eigenvalue weighted by molar-refractivity contribution is 0.639. The molecule has 0 unspecified atom stereocenters. The van der Waals surface area contributed by atoms with E-state index in [1.165, 1.54) is 9.13 Å². The van der Waals surface area contributed by atoms with Crippen LogP contribution in [-0.4, -0.2) is 23.5 Å². The first-order chi connectivity index (χ1) is 12.1. The van der Waals surface area contributed by atoms with Crippen LogP contribution in [0.5, 0.6) is 0 Å². The molecule has 0 bridgehead atoms. The second kappa shape index (κ2) is 5.62. The van der Waals surface area contributed by atoms with Gasteiger partial charge in [0.05, 0.1) is 6.54 Å². The van der Waals surface area contributed by atoms with Gasteiger partial charge in [0.2, 0.25) is 5.78 Å². The summed E-state index contributed by atoms with van der Waals surface area (Å²) in [6.07, 6.45) is 3.35. The van der Waals surface area contributed by atoms with Crippen molar-refractivity contribution in [2.45, 2.75) is 20.0 Å². The quantitative estimate of drug-likeness (QED) is 0.577. The van der Waals surface area contributed by atoms with Crippen LogP contribution >= 0.6 is 0 Å². The van der Waals surface area contributed by atoms with Crippen LogP contribution in [0.4, 0.5) is 0 Å². The number of hydrogen-bond donors (Lipinski definition) is 1. The minimum Gasteiger partial charge on any atom is -0.328 e. The Kier molecular flexibility index (Phi) is 3.42. The summed E-state index contributed by atoms with van der Waals surface area (Å²) in [4.78, 5) is 33.3. The number of fused-ring (bicyclic) bond motifs is 3. The summed E-state index contributed by atoms with van der Waals surface area (Å²) >= 11 is 0. The Labute approximate surface area is 142 Å². The van der Waals surface area contributed by atoms with Crippen molar-refractivity contribution in [2.24, 2.45) is 0 Å². The van der Waals surface area contributed by atoms with E-state index in [1.807, 2.05) is 43.5 Å². The number of H-pyrrole nitrogens is 1. The molecule has 0 aliphatic heterocycles. The highest BCUT2D eigenvalue weighted by molar-refractivity contribution is 5.75. The summed E-state index contributed by atoms with van der Waals surface area (Å²) < 4.78 is 4.42. The Balaban J connectivity index is 2.09. The number of imidazole rings is 2. The first-order valence-corrected chi connectivity index (χ1v) is 7.96. The maximum Gasteiger partial charge on any atom is 0.333 e. The third-order valence-electron chi connectivity index (χ3n) is 4.18. The number of aromatic amines is 1. The van der Waals surface area contributed by atoms with Gasteiger partial charge in [-0.2, -0.15) is 4.98 Å². The van der Waals surface area contributed by atoms with Crippen molar-refractivity contribution in [1.82, 2.24) is 23.5 Å². The Morgan fingerprint density at radius 1 is 1.20 bits per heavy atom. The van der Waals surface area contributed by atoms with Crippen molar-refractivity contribution in [3.8, 4) is 0 Å². The number of rotatable bonds is 4. The summed E-state index contributed by atoms with van der Waals surface area (Å²) in [6, 6.07) is 9.63. The molecule has 0 spiro atoms. The third kappa shape index (κ3) is 2.32. The minimum absolute atomic E-state index is 0.152. The van der Waals surface area contributed by atoms with Crippen LogP contribution in [0.15, 0.2) is 58.8 Å². The highest BCUT2D eigenvalue weighted by Crippen LogP contribution is 2.14. The van der Waals surface area contributed by atoms with Gasteiger partial charge in [-0.15, -0.1) is 6.58 Å². The molecule has 7 heteroatoms. The Bertz CT molecular complexity index is 1210. The zero-order chi connectivity index (χ0) is 17.6. The molecule has 0 aliphatic rings. The fourth-order valence-electron chi connectivity index (χ4n) is 3.07. The van der Waals surface area contributed by atoms with E-state index >= 15 is 0 Å². The van der Waals surface area contributed by atoms with E-state index in [1.54, 1.807) is 10.5 Å². The van der Waals surface area contributed by atoms with Gasteiger partial charge >= 0.3 is 5.69 Å². The summed E-state index contributed by atoms with van der Waals surface area (Å²) in [5.74, 6) is 0.544. The Morgan fingerprint density at radius 3 is 2.68 bits per heavy atom. The first-order valence-electron chi connectivity index (χ1n) is 7.96. The van der Waals surface area contributed by atoms with E-state index in [0.717, 1.165) is 11.3 Å². The van der Waals surface area contributed by atoms with Crippen molar-refractivity contribution in [1.29, 1.82) is 0 Å². The molecule has 0 aliphatic carbocycles. The SMILES string of the molecule is C=CCn1c(=O)c2c(nc3[nH]c(C)cn32)n(Cc2ccccc2)c1=O. The lowest BCUT2D eigenvalue weighted by atomic mass is 10.2. The van der Waals surface area contributed by atoms with E-state index in [-0.39, 0.29) is 12.1 Å². The van der Waals surface area contributed by atoms with Gasteiger partial charge in [-0.1, -0.05) is 36.4 Å². The molecular weight excluding hydrogens is 318 g/mol. The van der Waals surface area contributed by atoms with Gasteiger partial charge in [0.1, 0.15) is 0 Å². The predicted octanol–water partition coefficient (Wildman–Crippen LogP) is 1.68. The van der Waals surface area contributed by atoms with E-state index in [4.69, 9.17) is 0 Å². The number of nitrogens with zero attached hydrogens (tertiary/aromatic N) is 4. The topological polar surface area (TPSA) is 77.1 Å². The minimum atomic E-state index is -0.390. The molecule has 3 heterocycles. The number of allylic oxidation sites excluding steroid dienone is 1. The van der Waals surface area contributed by atoms with E-state index in [2.05, 4.69) is 16.5 Å². The molecule has 1 aromatic carbocycles. The Hall–Kier alpha value is -3.35. The van der Waals surface area contributed by atoms with Crippen LogP contribution in [-0.2, 0) is 13.1 Å². The summed E-state index contributed by atoms with van der Waals surface area (Å²) in [6.45, 7) is 6.03. The molecule has 0 saturated carbocycles. The summed E-state index contributed by atoms with van der Waals surface area (Å²) in [5.41, 5.74) is 1.86. The Morgan fingerprint density at radius 2 is 1.96 bits per heavy atom. The molecule has 3 aromatic heterocycles. The van der Waals surface area contributed by atoms with Crippen LogP contribution in [0, 0.1) is 6.92 Å². The second-order valence-electron chi connectivity index (χ2n) is 5.97. The van der Waals surface area contributed by atoms with Crippen molar-refractivity contribution in [2.75, 3.05) is 0 Å². The zero-order valence-electron chi connectivity index (χ0n) is 13.8. The normalized spacial score (nSPS) is 11.4. The fourth-order valence-corrected chi connectivity index (χ4v) is 3.07. The molecular formula is C18H17N5O2. The molecule has 0 atom stereocenters. The van der Waals surface area contributed by atoms with E-state index in [0.29, 0.717) is 23.5 Å². The van der Waals surface area contributed by atoms with Gasteiger partial charge in [0, 0.05) is 18.4 Å². The van der Waals surface area contributed by atoms with Gasteiger partial charge in [-0.25, -0.2) is 4.79 Å². The van der Waals surface area contributed by atoms with Gasteiger partial charge in [-0.3, -0.25) is 18.3 Å². The average Bonchev–Trinajstić information content (AvgIpc) is 3.12. The molecule has 0 radical (unpaired) electrons. The van der Waals surface area contributed by atoms with E-state index < -0.39 is 5.69 Å². The molecule has 126 valence electrons. The predicted molar refractivity (Wildman–Crippen MR) is 96.0 cm³/mol. The van der Waals surface area contributed by atoms with Crippen molar-refractivity contribution >= 4 is 16.9 Å². The highest BCUT2D eigenvalue weighted by atomic mass is 16.2. The first kappa shape index (κ1) is 15.2. The highest BCUT2D eigenvalue weighted by Gasteiger charge is 2.19. The van der Waals surface area contributed by atoms with Crippen molar-refractivity contribution in [3.63, 3.8) is 0 Å². The summed E-state index contributed by atoms with van der Waals surface area (Å²) in [7, 11) is 0. The molecule has 4 rings (SSSR count). The maximum absolute atomic E-state index is 12.9. The molecule has 0 saturated heterocycles. The number of aryl methyl sites for hydroxylation is 1. The average molecular weight is 335 g/mol. The van der Waals surface area contributed by atoms with Gasteiger partial charge in [-0.05, 0) is 12.5 Å². The smallest absolute Gasteiger partial charge is 0.328 e. The van der Waals surface area contributed by atoms with Crippen molar-refractivity contribution < 1.29 is 0 Å².